The van der Waals surface area contributed by atoms with Crippen LogP contribution in [-0.2, 0) is 11.3 Å². The Kier molecular flexibility index (Phi) is 6.85. The lowest BCUT2D eigenvalue weighted by Crippen LogP contribution is -2.35. The third-order valence-corrected chi connectivity index (χ3v) is 7.01. The smallest absolute Gasteiger partial charge is 0.260 e. The molecule has 2 aliphatic rings. The second-order valence-corrected chi connectivity index (χ2v) is 9.07. The van der Waals surface area contributed by atoms with Gasteiger partial charge in [0.05, 0.1) is 6.10 Å². The highest BCUT2D eigenvalue weighted by molar-refractivity contribution is 7.10. The van der Waals surface area contributed by atoms with Gasteiger partial charge in [0.15, 0.2) is 6.61 Å². The van der Waals surface area contributed by atoms with Crippen LogP contribution in [0.1, 0.15) is 42.2 Å². The molecule has 1 aromatic carbocycles. The maximum atomic E-state index is 12.1. The predicted octanol–water partition coefficient (Wildman–Crippen LogP) is 3.69. The number of hydrogen-bond acceptors (Lipinski definition) is 5. The molecule has 2 saturated heterocycles. The van der Waals surface area contributed by atoms with E-state index in [9.17, 15) is 9.90 Å². The summed E-state index contributed by atoms with van der Waals surface area (Å²) in [6.45, 7) is 4.78. The molecule has 2 aromatic rings. The van der Waals surface area contributed by atoms with Crippen molar-refractivity contribution in [2.75, 3.05) is 32.8 Å². The van der Waals surface area contributed by atoms with Gasteiger partial charge >= 0.3 is 0 Å². The summed E-state index contributed by atoms with van der Waals surface area (Å²) in [6.07, 6.45) is 3.93. The summed E-state index contributed by atoms with van der Waals surface area (Å²) in [7, 11) is 0. The highest BCUT2D eigenvalue weighted by Crippen LogP contribution is 2.33. The zero-order valence-electron chi connectivity index (χ0n) is 16.8. The molecule has 4 rings (SSSR count). The topological polar surface area (TPSA) is 53.0 Å². The van der Waals surface area contributed by atoms with Crippen molar-refractivity contribution in [1.82, 2.24) is 9.80 Å². The fourth-order valence-corrected chi connectivity index (χ4v) is 5.07. The van der Waals surface area contributed by atoms with Crippen molar-refractivity contribution in [2.45, 2.75) is 38.3 Å². The van der Waals surface area contributed by atoms with Crippen LogP contribution in [0.15, 0.2) is 41.8 Å². The zero-order valence-corrected chi connectivity index (χ0v) is 17.7. The molecule has 0 bridgehead atoms. The van der Waals surface area contributed by atoms with E-state index in [1.807, 2.05) is 34.5 Å². The molecule has 1 unspecified atom stereocenters. The van der Waals surface area contributed by atoms with Gasteiger partial charge in [0.2, 0.25) is 0 Å². The Morgan fingerprint density at radius 2 is 1.83 bits per heavy atom. The van der Waals surface area contributed by atoms with Crippen molar-refractivity contribution < 1.29 is 14.6 Å². The number of amides is 1. The summed E-state index contributed by atoms with van der Waals surface area (Å²) in [5.41, 5.74) is 1.25. The molecule has 1 amide bonds. The van der Waals surface area contributed by atoms with Gasteiger partial charge < -0.3 is 14.7 Å². The van der Waals surface area contributed by atoms with Crippen LogP contribution in [0.3, 0.4) is 0 Å². The van der Waals surface area contributed by atoms with Crippen LogP contribution in [0.5, 0.6) is 5.75 Å². The highest BCUT2D eigenvalue weighted by Gasteiger charge is 2.26. The van der Waals surface area contributed by atoms with Crippen molar-refractivity contribution in [1.29, 1.82) is 0 Å². The summed E-state index contributed by atoms with van der Waals surface area (Å²) in [6, 6.07) is 12.1. The molecule has 0 radical (unpaired) electrons. The van der Waals surface area contributed by atoms with E-state index in [0.717, 1.165) is 69.0 Å². The second kappa shape index (κ2) is 9.74. The molecule has 156 valence electrons. The van der Waals surface area contributed by atoms with Gasteiger partial charge in [0.25, 0.3) is 5.91 Å². The monoisotopic (exact) mass is 414 g/mol. The van der Waals surface area contributed by atoms with Crippen molar-refractivity contribution in [3.63, 3.8) is 0 Å². The first kappa shape index (κ1) is 20.4. The van der Waals surface area contributed by atoms with Crippen molar-refractivity contribution in [2.24, 2.45) is 5.92 Å². The number of carbonyl (C=O) groups excluding carboxylic acids is 1. The van der Waals surface area contributed by atoms with Gasteiger partial charge in [-0.25, -0.2) is 0 Å². The Bertz CT molecular complexity index is 764. The number of benzene rings is 1. The van der Waals surface area contributed by atoms with Crippen LogP contribution < -0.4 is 4.74 Å². The van der Waals surface area contributed by atoms with Crippen LogP contribution in [0.25, 0.3) is 0 Å². The summed E-state index contributed by atoms with van der Waals surface area (Å²) < 4.78 is 5.67. The van der Waals surface area contributed by atoms with Gasteiger partial charge in [-0.15, -0.1) is 11.3 Å². The molecule has 3 heterocycles. The molecule has 1 N–H and O–H groups in total. The lowest BCUT2D eigenvalue weighted by atomic mass is 9.90. The quantitative estimate of drug-likeness (QED) is 0.751. The molecule has 2 aliphatic heterocycles. The maximum absolute atomic E-state index is 12.1. The van der Waals surface area contributed by atoms with E-state index in [1.54, 1.807) is 11.3 Å². The minimum Gasteiger partial charge on any atom is -0.484 e. The first-order chi connectivity index (χ1) is 14.2. The average molecular weight is 415 g/mol. The normalized spacial score (nSPS) is 19.4. The summed E-state index contributed by atoms with van der Waals surface area (Å²) in [4.78, 5) is 17.5. The van der Waals surface area contributed by atoms with Gasteiger partial charge in [0.1, 0.15) is 5.75 Å². The molecule has 0 saturated carbocycles. The third kappa shape index (κ3) is 5.38. The van der Waals surface area contributed by atoms with Gasteiger partial charge in [0, 0.05) is 24.5 Å². The third-order valence-electron chi connectivity index (χ3n) is 6.06. The number of likely N-dealkylation sites (tertiary alicyclic amines) is 2. The number of piperidine rings is 1. The van der Waals surface area contributed by atoms with Crippen LogP contribution in [0.2, 0.25) is 0 Å². The number of aliphatic hydroxyl groups is 1. The van der Waals surface area contributed by atoms with E-state index in [1.165, 1.54) is 5.56 Å². The van der Waals surface area contributed by atoms with Crippen molar-refractivity contribution in [3.05, 3.63) is 52.2 Å². The number of nitrogens with zero attached hydrogens (tertiary/aromatic N) is 2. The van der Waals surface area contributed by atoms with E-state index in [0.29, 0.717) is 5.92 Å². The van der Waals surface area contributed by atoms with Crippen LogP contribution in [0.4, 0.5) is 0 Å². The van der Waals surface area contributed by atoms with Crippen LogP contribution in [-0.4, -0.2) is 53.6 Å². The summed E-state index contributed by atoms with van der Waals surface area (Å²) in [5.74, 6) is 1.19. The summed E-state index contributed by atoms with van der Waals surface area (Å²) >= 11 is 1.64. The molecule has 1 atom stereocenters. The fourth-order valence-electron chi connectivity index (χ4n) is 4.27. The number of hydrogen-bond donors (Lipinski definition) is 1. The number of rotatable bonds is 7. The molecular weight excluding hydrogens is 384 g/mol. The Morgan fingerprint density at radius 3 is 2.48 bits per heavy atom. The Labute approximate surface area is 176 Å². The number of carbonyl (C=O) groups is 1. The van der Waals surface area contributed by atoms with E-state index in [2.05, 4.69) is 17.0 Å². The van der Waals surface area contributed by atoms with Crippen molar-refractivity contribution >= 4 is 17.2 Å². The summed E-state index contributed by atoms with van der Waals surface area (Å²) in [5, 5.41) is 12.6. The van der Waals surface area contributed by atoms with Crippen LogP contribution in [0, 0.1) is 5.92 Å². The average Bonchev–Trinajstić information content (AvgIpc) is 3.47. The SMILES string of the molecule is O=C(COc1ccc(CN2CCC(C(O)c3cccs3)CC2)cc1)N1CCCC1. The molecule has 5 nitrogen and oxygen atoms in total. The maximum Gasteiger partial charge on any atom is 0.260 e. The van der Waals surface area contributed by atoms with Crippen LogP contribution >= 0.6 is 11.3 Å². The van der Waals surface area contributed by atoms with E-state index >= 15 is 0 Å². The number of ether oxygens (including phenoxy) is 1. The Balaban J connectivity index is 1.21. The second-order valence-electron chi connectivity index (χ2n) is 8.09. The van der Waals surface area contributed by atoms with Crippen molar-refractivity contribution in [3.8, 4) is 5.75 Å². The first-order valence-corrected chi connectivity index (χ1v) is 11.5. The molecule has 0 aliphatic carbocycles. The largest absolute Gasteiger partial charge is 0.484 e. The Hall–Kier alpha value is -1.89. The molecule has 1 aromatic heterocycles. The van der Waals surface area contributed by atoms with Gasteiger partial charge in [-0.2, -0.15) is 0 Å². The minimum atomic E-state index is -0.322. The lowest BCUT2D eigenvalue weighted by Gasteiger charge is -2.34. The molecule has 6 heteroatoms. The van der Waals surface area contributed by atoms with E-state index in [-0.39, 0.29) is 18.6 Å². The molecular formula is C23H30N2O3S. The predicted molar refractivity (Wildman–Crippen MR) is 115 cm³/mol. The van der Waals surface area contributed by atoms with E-state index in [4.69, 9.17) is 4.74 Å². The number of aliphatic hydroxyl groups excluding tert-OH is 1. The minimum absolute atomic E-state index is 0.0826. The molecule has 29 heavy (non-hydrogen) atoms. The van der Waals surface area contributed by atoms with E-state index < -0.39 is 0 Å². The van der Waals surface area contributed by atoms with Gasteiger partial charge in [-0.1, -0.05) is 18.2 Å². The first-order valence-electron chi connectivity index (χ1n) is 10.6. The molecule has 0 spiro atoms. The fraction of sp³-hybridized carbons (Fsp3) is 0.522. The standard InChI is InChI=1S/C23H30N2O3S/c26-22(25-11-1-2-12-25)17-28-20-7-5-18(6-8-20)16-24-13-9-19(10-14-24)23(27)21-4-3-15-29-21/h3-8,15,19,23,27H,1-2,9-14,16-17H2. The van der Waals surface area contributed by atoms with Gasteiger partial charge in [-0.05, 0) is 73.8 Å². The Morgan fingerprint density at radius 1 is 1.10 bits per heavy atom. The zero-order chi connectivity index (χ0) is 20.1. The highest BCUT2D eigenvalue weighted by atomic mass is 32.1. The lowest BCUT2D eigenvalue weighted by molar-refractivity contribution is -0.132. The number of thiophene rings is 1. The molecule has 2 fully saturated rings. The van der Waals surface area contributed by atoms with Gasteiger partial charge in [-0.3, -0.25) is 9.69 Å².